The van der Waals surface area contributed by atoms with E-state index in [0.29, 0.717) is 5.02 Å². The second-order valence-corrected chi connectivity index (χ2v) is 30.6. The molecule has 33 nitrogen and oxygen atoms in total. The number of carbonyl (C=O) groups is 8. The first kappa shape index (κ1) is 83.9. The van der Waals surface area contributed by atoms with Gasteiger partial charge in [-0.2, -0.15) is 0 Å². The molecule has 0 radical (unpaired) electrons. The number of halogens is 3. The minimum Gasteiger partial charge on any atom is -0.508 e. The lowest BCUT2D eigenvalue weighted by molar-refractivity contribution is -0.330. The van der Waals surface area contributed by atoms with Gasteiger partial charge in [-0.3, -0.25) is 33.6 Å². The lowest BCUT2D eigenvalue weighted by atomic mass is 9.86. The highest BCUT2D eigenvalue weighted by Crippen LogP contribution is 2.50. The molecule has 0 aliphatic carbocycles. The van der Waals surface area contributed by atoms with Crippen LogP contribution in [0.25, 0.3) is 22.3 Å². The fourth-order valence-corrected chi connectivity index (χ4v) is 14.9. The molecule has 0 saturated carbocycles. The summed E-state index contributed by atoms with van der Waals surface area (Å²) in [4.78, 5) is 118. The molecule has 11 bridgehead atoms. The van der Waals surface area contributed by atoms with Crippen molar-refractivity contribution in [1.29, 1.82) is 0 Å². The third kappa shape index (κ3) is 18.6. The van der Waals surface area contributed by atoms with Crippen LogP contribution in [0.1, 0.15) is 111 Å². The molecule has 7 aromatic rings. The summed E-state index contributed by atoms with van der Waals surface area (Å²) in [5, 5.41) is 126. The van der Waals surface area contributed by atoms with E-state index >= 15 is 14.4 Å². The Morgan fingerprint density at radius 2 is 1.26 bits per heavy atom. The van der Waals surface area contributed by atoms with Crippen LogP contribution >= 0.6 is 34.8 Å². The number of aromatic hydroxyl groups is 3. The normalized spacial score (nSPS) is 27.2. The van der Waals surface area contributed by atoms with E-state index in [1.807, 2.05) is 50.2 Å². The summed E-state index contributed by atoms with van der Waals surface area (Å²) in [6.07, 6.45) is -18.1. The van der Waals surface area contributed by atoms with Crippen molar-refractivity contribution in [2.75, 3.05) is 13.6 Å². The number of primary amides is 1. The summed E-state index contributed by atoms with van der Waals surface area (Å²) in [6, 6.07) is 14.4. The number of nitrogens with one attached hydrogen (secondary N) is 8. The Bertz CT molecular complexity index is 4890. The van der Waals surface area contributed by atoms with Crippen molar-refractivity contribution >= 4 is 82.1 Å². The summed E-state index contributed by atoms with van der Waals surface area (Å²) in [7, 11) is 1.48. The highest BCUT2D eigenvalue weighted by molar-refractivity contribution is 6.32. The Hall–Kier alpha value is -10.5. The first-order valence-electron chi connectivity index (χ1n) is 36.4. The number of nitrogens with two attached hydrogens (primary N) is 2. The standard InChI is InChI=1S/C79H85Cl3N10O23/c1-32(2)20-47(85-5)71(102)91-62-64(97)38-13-18-51(45(81)22-38)111-53-24-40-25-54(68(53)115-78-69(114-57-29-79(4,84)70(101)33(3)110-57)67(100)66(99)55(113-78)31-86-30-34-6-8-35(9-7-34)36-10-15-41(80)16-11-36)112-52-19-14-39(23-46(52)82)65(98)63-76(107)90-61(77(108)109)44-26-42(93)27-50(95)58(44)43-21-37(12-17-49(43)94)59(73(104)92-63)89-74(105)60(40)88-72(103)48(28-56(83)96)87-75(62)106/h6-19,21-27,32-33,47-48,55,57,59-67,69-70,78,85-86,93-95,97-101H,20,28-31,84H2,1-5H3,(H2,83,96)(H,87,106)(H,88,103)(H,89,105)(H,90,107)(H,91,102)(H,92,104)(H,108,109)/t33-,47+,48-,55+,57-,59+,60+,61-,62+,63-,64+,65+,66+,67-,69+,70+,78-,79-/m0/s1. The molecule has 610 valence electrons. The Morgan fingerprint density at radius 3 is 1.86 bits per heavy atom. The summed E-state index contributed by atoms with van der Waals surface area (Å²) in [5.74, 6) is -15.8. The second kappa shape index (κ2) is 34.9. The number of amides is 7. The molecule has 7 heterocycles. The fraction of sp³-hybridized carbons (Fsp3) is 0.367. The summed E-state index contributed by atoms with van der Waals surface area (Å²) in [5.41, 5.74) is 10.8. The molecule has 7 aromatic carbocycles. The molecule has 21 N–H and O–H groups in total. The number of carbonyl (C=O) groups excluding carboxylic acids is 7. The quantitative estimate of drug-likeness (QED) is 0.0606. The molecular formula is C79H85Cl3N10O23. The monoisotopic (exact) mass is 1650 g/mol. The molecule has 36 heteroatoms. The Morgan fingerprint density at radius 1 is 0.661 bits per heavy atom. The number of carboxylic acid groups (broad SMARTS) is 1. The molecule has 2 saturated heterocycles. The summed E-state index contributed by atoms with van der Waals surface area (Å²) < 4.78 is 39.9. The van der Waals surface area contributed by atoms with Gasteiger partial charge in [-0.15, -0.1) is 0 Å². The van der Waals surface area contributed by atoms with Crippen molar-refractivity contribution in [1.82, 2.24) is 42.5 Å². The van der Waals surface area contributed by atoms with Gasteiger partial charge in [-0.25, -0.2) is 4.79 Å². The van der Waals surface area contributed by atoms with E-state index in [9.17, 15) is 69.9 Å². The van der Waals surface area contributed by atoms with Crippen LogP contribution in [-0.4, -0.2) is 186 Å². The predicted octanol–water partition coefficient (Wildman–Crippen LogP) is 4.22. The van der Waals surface area contributed by atoms with Crippen LogP contribution in [0, 0.1) is 5.92 Å². The van der Waals surface area contributed by atoms with Gasteiger partial charge in [0.1, 0.15) is 89.5 Å². The minimum absolute atomic E-state index is 0.103. The van der Waals surface area contributed by atoms with Crippen molar-refractivity contribution in [3.63, 3.8) is 0 Å². The Labute approximate surface area is 671 Å². The second-order valence-electron chi connectivity index (χ2n) is 29.4. The average Bonchev–Trinajstić information content (AvgIpc) is 0.764. The molecule has 0 aromatic heterocycles. The fourth-order valence-electron chi connectivity index (χ4n) is 14.3. The van der Waals surface area contributed by atoms with Crippen LogP contribution in [0.4, 0.5) is 0 Å². The summed E-state index contributed by atoms with van der Waals surface area (Å²) >= 11 is 20.5. The van der Waals surface area contributed by atoms with Gasteiger partial charge in [0.15, 0.2) is 29.9 Å². The number of aliphatic hydroxyl groups is 5. The minimum atomic E-state index is -2.35. The molecule has 7 amide bonds. The third-order valence-corrected chi connectivity index (χ3v) is 21.2. The first-order valence-corrected chi connectivity index (χ1v) is 37.6. The van der Waals surface area contributed by atoms with Crippen LogP contribution in [0.5, 0.6) is 46.0 Å². The summed E-state index contributed by atoms with van der Waals surface area (Å²) in [6.45, 7) is 6.66. The van der Waals surface area contributed by atoms with Gasteiger partial charge in [0.05, 0.1) is 34.7 Å². The predicted molar refractivity (Wildman–Crippen MR) is 411 cm³/mol. The number of phenolic OH excluding ortho intramolecular Hbond substituents is 3. The Kier molecular flexibility index (Phi) is 25.5. The van der Waals surface area contributed by atoms with Crippen LogP contribution < -0.4 is 68.2 Å². The van der Waals surface area contributed by atoms with Crippen LogP contribution in [-0.2, 0) is 59.1 Å². The largest absolute Gasteiger partial charge is 0.508 e. The van der Waals surface area contributed by atoms with E-state index in [2.05, 4.69) is 42.5 Å². The number of ether oxygens (including phenoxy) is 6. The first-order chi connectivity index (χ1) is 54.5. The van der Waals surface area contributed by atoms with E-state index < -0.39 is 225 Å². The zero-order valence-corrected chi connectivity index (χ0v) is 64.3. The number of aliphatic carboxylic acids is 1. The van der Waals surface area contributed by atoms with Crippen molar-refractivity contribution in [3.8, 4) is 68.2 Å². The number of hydrogen-bond acceptors (Lipinski definition) is 25. The number of carboxylic acids is 1. The molecule has 115 heavy (non-hydrogen) atoms. The van der Waals surface area contributed by atoms with Gasteiger partial charge in [0.25, 0.3) is 0 Å². The van der Waals surface area contributed by atoms with E-state index in [4.69, 9.17) is 74.7 Å². The molecule has 2 fully saturated rings. The van der Waals surface area contributed by atoms with E-state index in [1.54, 1.807) is 12.1 Å². The van der Waals surface area contributed by atoms with Crippen molar-refractivity contribution < 1.29 is 113 Å². The molecule has 18 atom stereocenters. The van der Waals surface area contributed by atoms with Gasteiger partial charge in [-0.1, -0.05) is 103 Å². The van der Waals surface area contributed by atoms with Crippen molar-refractivity contribution in [2.24, 2.45) is 17.4 Å². The molecule has 0 spiro atoms. The lowest BCUT2D eigenvalue weighted by Gasteiger charge is -2.47. The van der Waals surface area contributed by atoms with Gasteiger partial charge < -0.3 is 128 Å². The zero-order chi connectivity index (χ0) is 82.9. The Balaban J connectivity index is 1.07. The van der Waals surface area contributed by atoms with E-state index in [1.165, 1.54) is 39.1 Å². The van der Waals surface area contributed by atoms with Crippen molar-refractivity contribution in [2.45, 2.75) is 163 Å². The lowest BCUT2D eigenvalue weighted by Crippen LogP contribution is -2.65. The number of phenols is 3. The van der Waals surface area contributed by atoms with Gasteiger partial charge in [-0.05, 0) is 139 Å². The maximum atomic E-state index is 16.3. The van der Waals surface area contributed by atoms with Gasteiger partial charge in [0, 0.05) is 52.8 Å². The van der Waals surface area contributed by atoms with Crippen LogP contribution in [0.2, 0.25) is 15.1 Å². The van der Waals surface area contributed by atoms with E-state index in [-0.39, 0.29) is 65.1 Å². The molecule has 7 aliphatic rings. The van der Waals surface area contributed by atoms with Crippen LogP contribution in [0.15, 0.2) is 127 Å². The van der Waals surface area contributed by atoms with Gasteiger partial charge in [0.2, 0.25) is 53.4 Å². The van der Waals surface area contributed by atoms with Crippen LogP contribution in [0.3, 0.4) is 0 Å². The SMILES string of the molecule is CN[C@H](CC(C)C)C(=O)N[C@H]1C(=O)N[C@@H](CC(N)=O)C(=O)N[C@H]2C(=O)N[C@H]3C(=O)N[C@H](C(=O)N[C@H](C(=O)O)c4cc(O)cc(O)c4-c4cc3ccc4O)[C@H](O)c3ccc(c(Cl)c3)Oc3cc2cc(c3O[C@@H]2O[C@H](CNCc3ccc(-c4ccc(Cl)cc4)cc3)[C@@H](O)[C@H](O)[C@H]2O[C@H]2C[C@](C)(N)[C@H](O)[C@H](C)O2)Oc2ccc(cc2Cl)[C@H]1O. The number of hydrogen-bond donors (Lipinski definition) is 19. The molecule has 14 rings (SSSR count). The highest BCUT2D eigenvalue weighted by Gasteiger charge is 2.52. The molecule has 0 unspecified atom stereocenters. The number of likely N-dealkylation sites (N-methyl/N-ethyl adjacent to an activating group) is 1. The molecule has 7 aliphatic heterocycles. The maximum Gasteiger partial charge on any atom is 0.330 e. The number of fused-ring (bicyclic) bond motifs is 15. The third-order valence-electron chi connectivity index (χ3n) is 20.4. The smallest absolute Gasteiger partial charge is 0.330 e. The average molecular weight is 1650 g/mol. The van der Waals surface area contributed by atoms with E-state index in [0.717, 1.165) is 77.4 Å². The highest BCUT2D eigenvalue weighted by atomic mass is 35.5. The number of aliphatic hydroxyl groups excluding tert-OH is 5. The topological polar surface area (TPSA) is 522 Å². The number of benzene rings is 7. The van der Waals surface area contributed by atoms with Gasteiger partial charge >= 0.3 is 5.97 Å². The zero-order valence-electron chi connectivity index (χ0n) is 62.1. The van der Waals surface area contributed by atoms with Crippen molar-refractivity contribution in [3.05, 3.63) is 176 Å². The molecular weight excluding hydrogens is 1560 g/mol. The maximum absolute atomic E-state index is 16.3. The number of rotatable bonds is 17.